The Balaban J connectivity index is 1.80. The Labute approximate surface area is 131 Å². The van der Waals surface area contributed by atoms with E-state index in [1.165, 1.54) is 0 Å². The lowest BCUT2D eigenvalue weighted by atomic mass is 10.1. The van der Waals surface area contributed by atoms with Crippen LogP contribution in [0.15, 0.2) is 18.2 Å². The van der Waals surface area contributed by atoms with Crippen molar-refractivity contribution < 1.29 is 14.3 Å². The van der Waals surface area contributed by atoms with Gasteiger partial charge < -0.3 is 14.5 Å². The molecule has 0 aliphatic carbocycles. The van der Waals surface area contributed by atoms with Gasteiger partial charge >= 0.3 is 0 Å². The van der Waals surface area contributed by atoms with E-state index < -0.39 is 0 Å². The smallest absolute Gasteiger partial charge is 0.260 e. The summed E-state index contributed by atoms with van der Waals surface area (Å²) in [7, 11) is 1.75. The van der Waals surface area contributed by atoms with Crippen LogP contribution in [0, 0.1) is 13.8 Å². The second kappa shape index (κ2) is 7.29. The monoisotopic (exact) mass is 304 g/mol. The summed E-state index contributed by atoms with van der Waals surface area (Å²) in [6.45, 7) is 5.91. The molecule has 2 amide bonds. The lowest BCUT2D eigenvalue weighted by Crippen LogP contribution is -2.38. The Morgan fingerprint density at radius 2 is 2.00 bits per heavy atom. The van der Waals surface area contributed by atoms with E-state index in [2.05, 4.69) is 0 Å². The van der Waals surface area contributed by atoms with Crippen LogP contribution in [-0.2, 0) is 9.59 Å². The maximum atomic E-state index is 12.1. The first-order valence-corrected chi connectivity index (χ1v) is 7.70. The zero-order valence-corrected chi connectivity index (χ0v) is 13.6. The van der Waals surface area contributed by atoms with Crippen molar-refractivity contribution in [3.05, 3.63) is 29.3 Å². The van der Waals surface area contributed by atoms with Crippen molar-refractivity contribution >= 4 is 11.8 Å². The zero-order valence-electron chi connectivity index (χ0n) is 13.6. The van der Waals surface area contributed by atoms with Crippen molar-refractivity contribution in [3.63, 3.8) is 0 Å². The topological polar surface area (TPSA) is 49.9 Å². The van der Waals surface area contributed by atoms with Crippen LogP contribution in [0.2, 0.25) is 0 Å². The van der Waals surface area contributed by atoms with E-state index in [-0.39, 0.29) is 18.4 Å². The van der Waals surface area contributed by atoms with Gasteiger partial charge in [-0.3, -0.25) is 9.59 Å². The maximum absolute atomic E-state index is 12.1. The molecule has 1 fully saturated rings. The number of aryl methyl sites for hydroxylation is 2. The van der Waals surface area contributed by atoms with Crippen molar-refractivity contribution in [2.75, 3.05) is 33.3 Å². The number of likely N-dealkylation sites (tertiary alicyclic amines) is 1. The van der Waals surface area contributed by atoms with Gasteiger partial charge in [-0.2, -0.15) is 0 Å². The maximum Gasteiger partial charge on any atom is 0.260 e. The Hall–Kier alpha value is -2.04. The summed E-state index contributed by atoms with van der Waals surface area (Å²) < 4.78 is 5.67. The molecule has 1 aromatic rings. The summed E-state index contributed by atoms with van der Waals surface area (Å²) in [5.41, 5.74) is 2.05. The first-order valence-electron chi connectivity index (χ1n) is 7.70. The van der Waals surface area contributed by atoms with E-state index in [9.17, 15) is 9.59 Å². The normalized spacial score (nSPS) is 14.3. The molecule has 0 unspecified atom stereocenters. The quantitative estimate of drug-likeness (QED) is 0.805. The second-order valence-electron chi connectivity index (χ2n) is 5.81. The average molecular weight is 304 g/mol. The van der Waals surface area contributed by atoms with Crippen molar-refractivity contribution in [3.8, 4) is 5.75 Å². The third kappa shape index (κ3) is 4.00. The van der Waals surface area contributed by atoms with Crippen LogP contribution in [0.25, 0.3) is 0 Å². The number of rotatable bonds is 6. The molecular formula is C17H24N2O3. The van der Waals surface area contributed by atoms with Crippen LogP contribution < -0.4 is 4.74 Å². The Morgan fingerprint density at radius 1 is 1.32 bits per heavy atom. The lowest BCUT2D eigenvalue weighted by molar-refractivity contribution is -0.134. The van der Waals surface area contributed by atoms with E-state index >= 15 is 0 Å². The van der Waals surface area contributed by atoms with Crippen molar-refractivity contribution in [2.24, 2.45) is 0 Å². The molecular weight excluding hydrogens is 280 g/mol. The number of para-hydroxylation sites is 1. The molecule has 0 atom stereocenters. The highest BCUT2D eigenvalue weighted by molar-refractivity contribution is 5.79. The number of carbonyl (C=O) groups excluding carboxylic acids is 2. The third-order valence-corrected chi connectivity index (χ3v) is 4.05. The number of hydrogen-bond acceptors (Lipinski definition) is 3. The van der Waals surface area contributed by atoms with Crippen LogP contribution in [-0.4, -0.2) is 54.9 Å². The highest BCUT2D eigenvalue weighted by atomic mass is 16.5. The number of likely N-dealkylation sites (N-methyl/N-ethyl adjacent to an activating group) is 1. The van der Waals surface area contributed by atoms with Gasteiger partial charge in [-0.25, -0.2) is 0 Å². The molecule has 0 spiro atoms. The summed E-state index contributed by atoms with van der Waals surface area (Å²) in [6.07, 6.45) is 1.56. The first kappa shape index (κ1) is 16.3. The highest BCUT2D eigenvalue weighted by Gasteiger charge is 2.21. The fraction of sp³-hybridized carbons (Fsp3) is 0.529. The Bertz CT molecular complexity index is 537. The van der Waals surface area contributed by atoms with Crippen molar-refractivity contribution in [2.45, 2.75) is 26.7 Å². The average Bonchev–Trinajstić information content (AvgIpc) is 2.89. The van der Waals surface area contributed by atoms with Crippen LogP contribution >= 0.6 is 0 Å². The van der Waals surface area contributed by atoms with Gasteiger partial charge in [0.15, 0.2) is 6.61 Å². The van der Waals surface area contributed by atoms with Gasteiger partial charge in [-0.15, -0.1) is 0 Å². The molecule has 0 saturated carbocycles. The van der Waals surface area contributed by atoms with Crippen molar-refractivity contribution in [1.29, 1.82) is 0 Å². The number of benzene rings is 1. The second-order valence-corrected chi connectivity index (χ2v) is 5.81. The number of ether oxygens (including phenoxy) is 1. The summed E-state index contributed by atoms with van der Waals surface area (Å²) >= 11 is 0. The van der Waals surface area contributed by atoms with E-state index in [1.54, 1.807) is 11.9 Å². The number of nitrogens with zero attached hydrogens (tertiary/aromatic N) is 2. The molecule has 2 rings (SSSR count). The molecule has 120 valence electrons. The minimum absolute atomic E-state index is 0.0239. The molecule has 0 bridgehead atoms. The first-order chi connectivity index (χ1) is 10.5. The lowest BCUT2D eigenvalue weighted by Gasteiger charge is -2.22. The zero-order chi connectivity index (χ0) is 16.1. The fourth-order valence-corrected chi connectivity index (χ4v) is 2.61. The Kier molecular flexibility index (Phi) is 5.41. The minimum atomic E-state index is -0.0747. The number of hydrogen-bond donors (Lipinski definition) is 0. The van der Waals surface area contributed by atoms with Gasteiger partial charge in [0.05, 0.1) is 0 Å². The summed E-state index contributed by atoms with van der Waals surface area (Å²) in [6, 6.07) is 5.91. The highest BCUT2D eigenvalue weighted by Crippen LogP contribution is 2.22. The molecule has 22 heavy (non-hydrogen) atoms. The van der Waals surface area contributed by atoms with Crippen LogP contribution in [0.1, 0.15) is 24.0 Å². The molecule has 1 saturated heterocycles. The predicted molar refractivity (Wildman–Crippen MR) is 84.9 cm³/mol. The van der Waals surface area contributed by atoms with Crippen LogP contribution in [0.5, 0.6) is 5.75 Å². The SMILES string of the molecule is Cc1cccc(C)c1OCC(=O)N(C)CCN1CCCC1=O. The summed E-state index contributed by atoms with van der Waals surface area (Å²) in [5, 5.41) is 0. The van der Waals surface area contributed by atoms with Gasteiger partial charge in [-0.05, 0) is 31.4 Å². The molecule has 5 heteroatoms. The molecule has 0 radical (unpaired) electrons. The molecule has 1 aliphatic rings. The van der Waals surface area contributed by atoms with Gasteiger partial charge in [0.1, 0.15) is 5.75 Å². The molecule has 1 aliphatic heterocycles. The predicted octanol–water partition coefficient (Wildman–Crippen LogP) is 1.76. The van der Waals surface area contributed by atoms with E-state index in [0.717, 1.165) is 29.8 Å². The van der Waals surface area contributed by atoms with E-state index in [4.69, 9.17) is 4.74 Å². The van der Waals surface area contributed by atoms with Gasteiger partial charge in [0, 0.05) is 33.1 Å². The molecule has 5 nitrogen and oxygen atoms in total. The van der Waals surface area contributed by atoms with Gasteiger partial charge in [0.25, 0.3) is 5.91 Å². The molecule has 1 heterocycles. The fourth-order valence-electron chi connectivity index (χ4n) is 2.61. The van der Waals surface area contributed by atoms with Gasteiger partial charge in [0.2, 0.25) is 5.91 Å². The Morgan fingerprint density at radius 3 is 2.59 bits per heavy atom. The van der Waals surface area contributed by atoms with E-state index in [1.807, 2.05) is 36.9 Å². The third-order valence-electron chi connectivity index (χ3n) is 4.05. The standard InChI is InChI=1S/C17H24N2O3/c1-13-6-4-7-14(2)17(13)22-12-16(21)18(3)10-11-19-9-5-8-15(19)20/h4,6-7H,5,8-12H2,1-3H3. The molecule has 0 N–H and O–H groups in total. The summed E-state index contributed by atoms with van der Waals surface area (Å²) in [5.74, 6) is 0.890. The van der Waals surface area contributed by atoms with E-state index in [0.29, 0.717) is 19.5 Å². The number of amides is 2. The molecule has 0 aromatic heterocycles. The molecule has 1 aromatic carbocycles. The van der Waals surface area contributed by atoms with Crippen molar-refractivity contribution in [1.82, 2.24) is 9.80 Å². The minimum Gasteiger partial charge on any atom is -0.483 e. The van der Waals surface area contributed by atoms with Crippen LogP contribution in [0.4, 0.5) is 0 Å². The van der Waals surface area contributed by atoms with Crippen LogP contribution in [0.3, 0.4) is 0 Å². The number of carbonyl (C=O) groups is 2. The summed E-state index contributed by atoms with van der Waals surface area (Å²) in [4.78, 5) is 27.1. The van der Waals surface area contributed by atoms with Gasteiger partial charge in [-0.1, -0.05) is 18.2 Å². The largest absolute Gasteiger partial charge is 0.483 e.